The molecule has 2 atom stereocenters. The summed E-state index contributed by atoms with van der Waals surface area (Å²) in [7, 11) is 1.48. The molecule has 2 aliphatic heterocycles. The van der Waals surface area contributed by atoms with Crippen LogP contribution in [-0.2, 0) is 20.5 Å². The van der Waals surface area contributed by atoms with Crippen molar-refractivity contribution in [1.29, 1.82) is 0 Å². The molecule has 0 aliphatic carbocycles. The van der Waals surface area contributed by atoms with Crippen LogP contribution < -0.4 is 10.6 Å². The predicted molar refractivity (Wildman–Crippen MR) is 113 cm³/mol. The van der Waals surface area contributed by atoms with Crippen molar-refractivity contribution in [1.82, 2.24) is 20.4 Å². The van der Waals surface area contributed by atoms with Gasteiger partial charge in [0.15, 0.2) is 0 Å². The molecule has 33 heavy (non-hydrogen) atoms. The van der Waals surface area contributed by atoms with Crippen LogP contribution in [0.25, 0.3) is 0 Å². The summed E-state index contributed by atoms with van der Waals surface area (Å²) in [6, 6.07) is 1.91. The summed E-state index contributed by atoms with van der Waals surface area (Å²) < 4.78 is 46.0. The van der Waals surface area contributed by atoms with Crippen LogP contribution in [0.3, 0.4) is 0 Å². The van der Waals surface area contributed by atoms with Gasteiger partial charge in [-0.3, -0.25) is 14.5 Å². The fraction of sp³-hybridized carbons (Fsp3) is 0.409. The van der Waals surface area contributed by atoms with E-state index in [1.807, 2.05) is 0 Å². The van der Waals surface area contributed by atoms with E-state index in [1.165, 1.54) is 48.1 Å². The first kappa shape index (κ1) is 24.3. The molecule has 4 amide bonds. The molecule has 11 heteroatoms. The Hall–Kier alpha value is -3.34. The smallest absolute Gasteiger partial charge is 0.383 e. The molecule has 3 rings (SSSR count). The lowest BCUT2D eigenvalue weighted by atomic mass is 9.91. The maximum absolute atomic E-state index is 13.7. The lowest BCUT2D eigenvalue weighted by Gasteiger charge is -2.33. The van der Waals surface area contributed by atoms with Gasteiger partial charge in [-0.25, -0.2) is 4.79 Å². The number of halogens is 3. The van der Waals surface area contributed by atoms with Gasteiger partial charge in [0, 0.05) is 20.2 Å². The number of urea groups is 1. The number of amides is 4. The van der Waals surface area contributed by atoms with Crippen LogP contribution in [0.4, 0.5) is 18.0 Å². The number of rotatable bonds is 8. The van der Waals surface area contributed by atoms with Crippen molar-refractivity contribution in [2.45, 2.75) is 25.2 Å². The number of methoxy groups -OCH3 is 1. The van der Waals surface area contributed by atoms with Crippen LogP contribution in [-0.4, -0.2) is 67.0 Å². The fourth-order valence-corrected chi connectivity index (χ4v) is 3.95. The molecule has 0 fully saturated rings. The summed E-state index contributed by atoms with van der Waals surface area (Å²) in [5.74, 6) is -1.06. The molecule has 2 N–H and O–H groups in total. The van der Waals surface area contributed by atoms with Gasteiger partial charge in [-0.05, 0) is 18.6 Å². The average Bonchev–Trinajstić information content (AvgIpc) is 3.11. The monoisotopic (exact) mass is 466 g/mol. The first-order valence-electron chi connectivity index (χ1n) is 10.3. The zero-order valence-electron chi connectivity index (χ0n) is 18.2. The molecule has 0 saturated heterocycles. The highest BCUT2D eigenvalue weighted by Crippen LogP contribution is 2.41. The molecule has 0 spiro atoms. The Labute approximate surface area is 189 Å². The highest BCUT2D eigenvalue weighted by molar-refractivity contribution is 6.03. The van der Waals surface area contributed by atoms with Crippen LogP contribution in [0.1, 0.15) is 24.1 Å². The summed E-state index contributed by atoms with van der Waals surface area (Å²) in [5, 5.41) is 5.17. The molecule has 2 heterocycles. The van der Waals surface area contributed by atoms with E-state index in [4.69, 9.17) is 4.74 Å². The summed E-state index contributed by atoms with van der Waals surface area (Å²) in [6.07, 6.45) is -3.24. The molecule has 2 unspecified atom stereocenters. The zero-order valence-corrected chi connectivity index (χ0v) is 18.2. The van der Waals surface area contributed by atoms with Crippen LogP contribution in [0.5, 0.6) is 0 Å². The van der Waals surface area contributed by atoms with Crippen molar-refractivity contribution in [3.05, 3.63) is 59.3 Å². The second kappa shape index (κ2) is 9.65. The van der Waals surface area contributed by atoms with Gasteiger partial charge in [-0.2, -0.15) is 13.2 Å². The highest BCUT2D eigenvalue weighted by Gasteiger charge is 2.47. The van der Waals surface area contributed by atoms with E-state index in [0.29, 0.717) is 0 Å². The van der Waals surface area contributed by atoms with E-state index in [2.05, 4.69) is 17.2 Å². The third-order valence-electron chi connectivity index (χ3n) is 5.59. The fourth-order valence-electron chi connectivity index (χ4n) is 3.95. The van der Waals surface area contributed by atoms with Gasteiger partial charge >= 0.3 is 12.2 Å². The second-order valence-corrected chi connectivity index (χ2v) is 7.62. The molecule has 1 aromatic rings. The van der Waals surface area contributed by atoms with Gasteiger partial charge in [0.1, 0.15) is 6.04 Å². The normalized spacial score (nSPS) is 19.4. The molecule has 0 radical (unpaired) electrons. The summed E-state index contributed by atoms with van der Waals surface area (Å²) >= 11 is 0. The lowest BCUT2D eigenvalue weighted by Crippen LogP contribution is -2.47. The van der Waals surface area contributed by atoms with Gasteiger partial charge in [-0.15, -0.1) is 6.58 Å². The van der Waals surface area contributed by atoms with E-state index >= 15 is 0 Å². The maximum atomic E-state index is 13.7. The Morgan fingerprint density at radius 1 is 1.36 bits per heavy atom. The van der Waals surface area contributed by atoms with Crippen molar-refractivity contribution < 1.29 is 32.3 Å². The molecule has 1 aromatic carbocycles. The predicted octanol–water partition coefficient (Wildman–Crippen LogP) is 2.21. The van der Waals surface area contributed by atoms with Crippen LogP contribution in [0, 0.1) is 0 Å². The van der Waals surface area contributed by atoms with Crippen molar-refractivity contribution in [3.8, 4) is 0 Å². The molecule has 178 valence electrons. The third kappa shape index (κ3) is 4.72. The van der Waals surface area contributed by atoms with Crippen LogP contribution in [0.2, 0.25) is 0 Å². The number of ether oxygens (including phenoxy) is 1. The van der Waals surface area contributed by atoms with E-state index in [0.717, 1.165) is 6.07 Å². The minimum absolute atomic E-state index is 0.00434. The van der Waals surface area contributed by atoms with E-state index in [1.54, 1.807) is 0 Å². The first-order valence-corrected chi connectivity index (χ1v) is 10.3. The number of carbonyl (C=O) groups excluding carboxylic acids is 3. The lowest BCUT2D eigenvalue weighted by molar-refractivity contribution is -0.138. The number of benzene rings is 1. The Morgan fingerprint density at radius 2 is 2.06 bits per heavy atom. The number of nitrogens with zero attached hydrogens (tertiary/aromatic N) is 2. The Bertz CT molecular complexity index is 992. The van der Waals surface area contributed by atoms with E-state index in [-0.39, 0.29) is 43.1 Å². The van der Waals surface area contributed by atoms with Gasteiger partial charge in [0.05, 0.1) is 36.0 Å². The van der Waals surface area contributed by atoms with Crippen LogP contribution in [0.15, 0.2) is 48.2 Å². The molecule has 0 saturated carbocycles. The number of nitrogens with one attached hydrogen (secondary N) is 2. The molecular weight excluding hydrogens is 441 g/mol. The second-order valence-electron chi connectivity index (χ2n) is 7.62. The minimum Gasteiger partial charge on any atom is -0.383 e. The quantitative estimate of drug-likeness (QED) is 0.454. The molecule has 0 aromatic heterocycles. The Balaban J connectivity index is 2.01. The SMILES string of the molecule is C=CCN1C(=O)NC(c2ccccc2C(F)(F)F)C2=C1CN(C(C)C(=O)NCCOC)C2=O. The number of hydrogen-bond donors (Lipinski definition) is 2. The van der Waals surface area contributed by atoms with E-state index in [9.17, 15) is 27.6 Å². The standard InChI is InChI=1S/C22H25F3N4O4/c1-4-10-28-16-12-29(13(2)19(30)26-9-11-33-3)20(31)17(16)18(27-21(28)32)14-7-5-6-8-15(14)22(23,24)25/h4-8,13,18H,1,9-12H2,2-3H3,(H,26,30)(H,27,32). The summed E-state index contributed by atoms with van der Waals surface area (Å²) in [6.45, 7) is 5.59. The van der Waals surface area contributed by atoms with Crippen molar-refractivity contribution >= 4 is 17.8 Å². The number of hydrogen-bond acceptors (Lipinski definition) is 4. The Kier molecular flexibility index (Phi) is 7.11. The van der Waals surface area contributed by atoms with Gasteiger partial charge in [0.25, 0.3) is 5.91 Å². The third-order valence-corrected chi connectivity index (χ3v) is 5.59. The average molecular weight is 466 g/mol. The van der Waals surface area contributed by atoms with Crippen LogP contribution >= 0.6 is 0 Å². The molecule has 8 nitrogen and oxygen atoms in total. The minimum atomic E-state index is -4.68. The summed E-state index contributed by atoms with van der Waals surface area (Å²) in [4.78, 5) is 41.2. The van der Waals surface area contributed by atoms with E-state index < -0.39 is 41.7 Å². The van der Waals surface area contributed by atoms with Gasteiger partial charge < -0.3 is 20.3 Å². The summed E-state index contributed by atoms with van der Waals surface area (Å²) in [5.41, 5.74) is -0.931. The number of carbonyl (C=O) groups is 3. The number of alkyl halides is 3. The van der Waals surface area contributed by atoms with Gasteiger partial charge in [0.2, 0.25) is 5.91 Å². The first-order chi connectivity index (χ1) is 15.6. The maximum Gasteiger partial charge on any atom is 0.416 e. The van der Waals surface area contributed by atoms with Crippen molar-refractivity contribution in [2.75, 3.05) is 33.4 Å². The zero-order chi connectivity index (χ0) is 24.3. The Morgan fingerprint density at radius 3 is 2.70 bits per heavy atom. The van der Waals surface area contributed by atoms with Crippen molar-refractivity contribution in [3.63, 3.8) is 0 Å². The molecule has 0 bridgehead atoms. The molecule has 2 aliphatic rings. The van der Waals surface area contributed by atoms with Gasteiger partial charge in [-0.1, -0.05) is 24.3 Å². The largest absolute Gasteiger partial charge is 0.416 e. The topological polar surface area (TPSA) is 91.0 Å². The molecular formula is C22H25F3N4O4. The highest BCUT2D eigenvalue weighted by atomic mass is 19.4. The van der Waals surface area contributed by atoms with Crippen molar-refractivity contribution in [2.24, 2.45) is 0 Å².